The van der Waals surface area contributed by atoms with Crippen LogP contribution >= 0.6 is 0 Å². The largest absolute Gasteiger partial charge is 0.493 e. The van der Waals surface area contributed by atoms with E-state index in [9.17, 15) is 13.2 Å². The van der Waals surface area contributed by atoms with Crippen molar-refractivity contribution in [3.8, 4) is 11.5 Å². The molecule has 0 bridgehead atoms. The van der Waals surface area contributed by atoms with Crippen molar-refractivity contribution in [2.24, 2.45) is 5.14 Å². The molecule has 2 aromatic rings. The van der Waals surface area contributed by atoms with E-state index in [1.54, 1.807) is 31.4 Å². The maximum absolute atomic E-state index is 12.0. The predicted molar refractivity (Wildman–Crippen MR) is 99.6 cm³/mol. The standard InChI is InChI=1S/C18H20N2O5S/c1-3-25-16-10-4-13(12-17(16)24-2)5-11-18(21)20-14-6-8-15(9-7-14)26(19,22)23/h4-12H,3H2,1-2H3,(H,20,21)(H2,19,22,23). The second-order valence-corrected chi connectivity index (χ2v) is 6.80. The molecule has 2 aromatic carbocycles. The molecule has 2 rings (SSSR count). The average Bonchev–Trinajstić information content (AvgIpc) is 2.60. The lowest BCUT2D eigenvalue weighted by atomic mass is 10.2. The Kier molecular flexibility index (Phi) is 6.37. The van der Waals surface area contributed by atoms with E-state index in [1.807, 2.05) is 6.92 Å². The summed E-state index contributed by atoms with van der Waals surface area (Å²) < 4.78 is 33.1. The van der Waals surface area contributed by atoms with Crippen molar-refractivity contribution in [3.05, 3.63) is 54.1 Å². The van der Waals surface area contributed by atoms with Crippen LogP contribution in [0, 0.1) is 0 Å². The highest BCUT2D eigenvalue weighted by molar-refractivity contribution is 7.89. The van der Waals surface area contributed by atoms with Gasteiger partial charge in [-0.1, -0.05) is 6.07 Å². The van der Waals surface area contributed by atoms with Crippen LogP contribution in [0.2, 0.25) is 0 Å². The third kappa shape index (κ3) is 5.33. The number of ether oxygens (including phenoxy) is 2. The normalized spacial score (nSPS) is 11.3. The highest BCUT2D eigenvalue weighted by atomic mass is 32.2. The Bertz CT molecular complexity index is 906. The first-order chi connectivity index (χ1) is 12.3. The fourth-order valence-electron chi connectivity index (χ4n) is 2.15. The second kappa shape index (κ2) is 8.50. The lowest BCUT2D eigenvalue weighted by molar-refractivity contribution is -0.111. The molecule has 3 N–H and O–H groups in total. The molecule has 0 spiro atoms. The summed E-state index contributed by atoms with van der Waals surface area (Å²) >= 11 is 0. The molecule has 7 nitrogen and oxygen atoms in total. The lowest BCUT2D eigenvalue weighted by Gasteiger charge is -2.09. The van der Waals surface area contributed by atoms with Gasteiger partial charge in [-0.2, -0.15) is 0 Å². The predicted octanol–water partition coefficient (Wildman–Crippen LogP) is 2.39. The summed E-state index contributed by atoms with van der Waals surface area (Å²) in [5.74, 6) is 0.848. The minimum absolute atomic E-state index is 0.0208. The van der Waals surface area contributed by atoms with E-state index in [1.165, 1.54) is 30.3 Å². The first-order valence-electron chi connectivity index (χ1n) is 7.76. The van der Waals surface area contributed by atoms with Gasteiger partial charge >= 0.3 is 0 Å². The number of benzene rings is 2. The zero-order valence-electron chi connectivity index (χ0n) is 14.4. The number of hydrogen-bond acceptors (Lipinski definition) is 5. The van der Waals surface area contributed by atoms with Crippen molar-refractivity contribution in [3.63, 3.8) is 0 Å². The van der Waals surface area contributed by atoms with Gasteiger partial charge in [0, 0.05) is 11.8 Å². The van der Waals surface area contributed by atoms with Crippen LogP contribution in [0.15, 0.2) is 53.4 Å². The first kappa shape index (κ1) is 19.5. The maximum Gasteiger partial charge on any atom is 0.248 e. The van der Waals surface area contributed by atoms with Gasteiger partial charge in [0.05, 0.1) is 18.6 Å². The molecule has 26 heavy (non-hydrogen) atoms. The molecule has 1 amide bonds. The summed E-state index contributed by atoms with van der Waals surface area (Å²) in [6.07, 6.45) is 3.00. The van der Waals surface area contributed by atoms with E-state index in [0.29, 0.717) is 23.8 Å². The Balaban J connectivity index is 2.05. The van der Waals surface area contributed by atoms with E-state index in [0.717, 1.165) is 5.56 Å². The molecule has 138 valence electrons. The fraction of sp³-hybridized carbons (Fsp3) is 0.167. The molecule has 8 heteroatoms. The number of carbonyl (C=O) groups is 1. The topological polar surface area (TPSA) is 108 Å². The molecule has 0 saturated carbocycles. The number of methoxy groups -OCH3 is 1. The van der Waals surface area contributed by atoms with Crippen molar-refractivity contribution < 1.29 is 22.7 Å². The van der Waals surface area contributed by atoms with E-state index >= 15 is 0 Å². The van der Waals surface area contributed by atoms with Crippen molar-refractivity contribution >= 4 is 27.7 Å². The molecule has 0 aromatic heterocycles. The number of amides is 1. The van der Waals surface area contributed by atoms with E-state index in [2.05, 4.69) is 5.32 Å². The molecular formula is C18H20N2O5S. The molecule has 0 atom stereocenters. The summed E-state index contributed by atoms with van der Waals surface area (Å²) in [4.78, 5) is 12.0. The van der Waals surface area contributed by atoms with Gasteiger partial charge in [0.25, 0.3) is 0 Å². The maximum atomic E-state index is 12.0. The van der Waals surface area contributed by atoms with Gasteiger partial charge in [0.15, 0.2) is 11.5 Å². The summed E-state index contributed by atoms with van der Waals surface area (Å²) in [5.41, 5.74) is 1.22. The van der Waals surface area contributed by atoms with Gasteiger partial charge in [-0.3, -0.25) is 4.79 Å². The monoisotopic (exact) mass is 376 g/mol. The third-order valence-electron chi connectivity index (χ3n) is 3.37. The number of nitrogens with one attached hydrogen (secondary N) is 1. The molecule has 0 aliphatic rings. The Hall–Kier alpha value is -2.84. The zero-order chi connectivity index (χ0) is 19.2. The molecule has 0 saturated heterocycles. The van der Waals surface area contributed by atoms with Crippen LogP contribution in [0.4, 0.5) is 5.69 Å². The van der Waals surface area contributed by atoms with Crippen LogP contribution in [0.5, 0.6) is 11.5 Å². The van der Waals surface area contributed by atoms with Crippen LogP contribution in [0.1, 0.15) is 12.5 Å². The highest BCUT2D eigenvalue weighted by Gasteiger charge is 2.07. The van der Waals surface area contributed by atoms with Crippen LogP contribution in [0.25, 0.3) is 6.08 Å². The summed E-state index contributed by atoms with van der Waals surface area (Å²) in [7, 11) is -2.21. The average molecular weight is 376 g/mol. The van der Waals surface area contributed by atoms with Crippen molar-refractivity contribution in [2.45, 2.75) is 11.8 Å². The number of hydrogen-bond donors (Lipinski definition) is 2. The number of nitrogens with two attached hydrogens (primary N) is 1. The molecule has 0 radical (unpaired) electrons. The number of primary sulfonamides is 1. The van der Waals surface area contributed by atoms with Crippen molar-refractivity contribution in [2.75, 3.05) is 19.0 Å². The van der Waals surface area contributed by atoms with Crippen molar-refractivity contribution in [1.82, 2.24) is 0 Å². The molecule has 0 unspecified atom stereocenters. The molecular weight excluding hydrogens is 356 g/mol. The SMILES string of the molecule is CCOc1ccc(C=CC(=O)Nc2ccc(S(N)(=O)=O)cc2)cc1OC. The van der Waals surface area contributed by atoms with Gasteiger partial charge in [0.2, 0.25) is 15.9 Å². The van der Waals surface area contributed by atoms with Crippen LogP contribution in [0.3, 0.4) is 0 Å². The second-order valence-electron chi connectivity index (χ2n) is 5.24. The third-order valence-corrected chi connectivity index (χ3v) is 4.29. The van der Waals surface area contributed by atoms with E-state index in [4.69, 9.17) is 14.6 Å². The van der Waals surface area contributed by atoms with Crippen molar-refractivity contribution in [1.29, 1.82) is 0 Å². The van der Waals surface area contributed by atoms with Gasteiger partial charge in [-0.05, 0) is 55.0 Å². The Morgan fingerprint density at radius 2 is 1.85 bits per heavy atom. The number of rotatable bonds is 7. The summed E-state index contributed by atoms with van der Waals surface area (Å²) in [5, 5.41) is 7.66. The van der Waals surface area contributed by atoms with Gasteiger partial charge < -0.3 is 14.8 Å². The van der Waals surface area contributed by atoms with E-state index < -0.39 is 10.0 Å². The smallest absolute Gasteiger partial charge is 0.248 e. The zero-order valence-corrected chi connectivity index (χ0v) is 15.2. The molecule has 0 fully saturated rings. The fourth-order valence-corrected chi connectivity index (χ4v) is 2.66. The Labute approximate surface area is 152 Å². The van der Waals surface area contributed by atoms with Crippen LogP contribution < -0.4 is 19.9 Å². The number of sulfonamides is 1. The Morgan fingerprint density at radius 3 is 2.42 bits per heavy atom. The molecule has 0 heterocycles. The molecule has 0 aliphatic heterocycles. The summed E-state index contributed by atoms with van der Waals surface area (Å²) in [6, 6.07) is 10.9. The molecule has 0 aliphatic carbocycles. The van der Waals surface area contributed by atoms with Gasteiger partial charge in [-0.15, -0.1) is 0 Å². The minimum atomic E-state index is -3.76. The van der Waals surface area contributed by atoms with Gasteiger partial charge in [-0.25, -0.2) is 13.6 Å². The highest BCUT2D eigenvalue weighted by Crippen LogP contribution is 2.28. The van der Waals surface area contributed by atoms with E-state index in [-0.39, 0.29) is 10.8 Å². The number of anilines is 1. The quantitative estimate of drug-likeness (QED) is 0.722. The summed E-state index contributed by atoms with van der Waals surface area (Å²) in [6.45, 7) is 2.41. The lowest BCUT2D eigenvalue weighted by Crippen LogP contribution is -2.12. The Morgan fingerprint density at radius 1 is 1.15 bits per heavy atom. The number of carbonyl (C=O) groups excluding carboxylic acids is 1. The minimum Gasteiger partial charge on any atom is -0.493 e. The van der Waals surface area contributed by atoms with Gasteiger partial charge in [0.1, 0.15) is 0 Å². The first-order valence-corrected chi connectivity index (χ1v) is 9.31. The van der Waals surface area contributed by atoms with Crippen LogP contribution in [-0.2, 0) is 14.8 Å². The van der Waals surface area contributed by atoms with Crippen LogP contribution in [-0.4, -0.2) is 28.0 Å².